The SMILES string of the molecule is O=C(O)CC[C@H](NC(=O)NCCc1ccccc1)C(=O)O. The van der Waals surface area contributed by atoms with Crippen molar-refractivity contribution < 1.29 is 24.6 Å². The predicted octanol–water partition coefficient (Wildman–Crippen LogP) is 0.846. The van der Waals surface area contributed by atoms with Gasteiger partial charge in [-0.3, -0.25) is 4.79 Å². The fourth-order valence-corrected chi connectivity index (χ4v) is 1.70. The van der Waals surface area contributed by atoms with Crippen LogP contribution in [0.4, 0.5) is 4.79 Å². The molecule has 7 heteroatoms. The van der Waals surface area contributed by atoms with Gasteiger partial charge in [0, 0.05) is 13.0 Å². The Labute approximate surface area is 122 Å². The monoisotopic (exact) mass is 294 g/mol. The van der Waals surface area contributed by atoms with Gasteiger partial charge in [-0.15, -0.1) is 0 Å². The lowest BCUT2D eigenvalue weighted by atomic mass is 10.1. The summed E-state index contributed by atoms with van der Waals surface area (Å²) in [7, 11) is 0. The van der Waals surface area contributed by atoms with Crippen molar-refractivity contribution in [3.8, 4) is 0 Å². The van der Waals surface area contributed by atoms with Crippen molar-refractivity contribution >= 4 is 18.0 Å². The van der Waals surface area contributed by atoms with E-state index >= 15 is 0 Å². The maximum absolute atomic E-state index is 11.6. The quantitative estimate of drug-likeness (QED) is 0.567. The number of aliphatic carboxylic acids is 2. The zero-order chi connectivity index (χ0) is 15.7. The standard InChI is InChI=1S/C14H18N2O5/c17-12(18)7-6-11(13(19)20)16-14(21)15-9-8-10-4-2-1-3-5-10/h1-5,11H,6-9H2,(H,17,18)(H,19,20)(H2,15,16,21)/t11-/m0/s1. The molecule has 0 bridgehead atoms. The van der Waals surface area contributed by atoms with Crippen LogP contribution in [-0.2, 0) is 16.0 Å². The Morgan fingerprint density at radius 2 is 1.76 bits per heavy atom. The van der Waals surface area contributed by atoms with Gasteiger partial charge in [-0.2, -0.15) is 0 Å². The average molecular weight is 294 g/mol. The fraction of sp³-hybridized carbons (Fsp3) is 0.357. The molecule has 0 radical (unpaired) electrons. The van der Waals surface area contributed by atoms with Gasteiger partial charge in [0.15, 0.2) is 0 Å². The summed E-state index contributed by atoms with van der Waals surface area (Å²) in [6, 6.07) is 7.69. The first kappa shape index (κ1) is 16.5. The zero-order valence-corrected chi connectivity index (χ0v) is 11.4. The lowest BCUT2D eigenvalue weighted by Crippen LogP contribution is -2.46. The van der Waals surface area contributed by atoms with Crippen LogP contribution in [0.5, 0.6) is 0 Å². The van der Waals surface area contributed by atoms with Gasteiger partial charge < -0.3 is 20.8 Å². The van der Waals surface area contributed by atoms with E-state index < -0.39 is 24.0 Å². The van der Waals surface area contributed by atoms with Gasteiger partial charge in [0.2, 0.25) is 0 Å². The first-order chi connectivity index (χ1) is 9.99. The minimum atomic E-state index is -1.26. The molecule has 0 heterocycles. The number of amides is 2. The molecule has 0 saturated carbocycles. The Morgan fingerprint density at radius 1 is 1.10 bits per heavy atom. The molecular formula is C14H18N2O5. The minimum Gasteiger partial charge on any atom is -0.481 e. The summed E-state index contributed by atoms with van der Waals surface area (Å²) in [4.78, 5) is 32.9. The van der Waals surface area contributed by atoms with Crippen LogP contribution in [0.25, 0.3) is 0 Å². The van der Waals surface area contributed by atoms with Gasteiger partial charge in [-0.1, -0.05) is 30.3 Å². The largest absolute Gasteiger partial charge is 0.481 e. The van der Waals surface area contributed by atoms with E-state index in [-0.39, 0.29) is 12.8 Å². The number of carbonyl (C=O) groups is 3. The van der Waals surface area contributed by atoms with Crippen LogP contribution in [0.3, 0.4) is 0 Å². The molecule has 1 aromatic rings. The van der Waals surface area contributed by atoms with Gasteiger partial charge in [-0.05, 0) is 18.4 Å². The summed E-state index contributed by atoms with van der Waals surface area (Å²) in [5.74, 6) is -2.36. The van der Waals surface area contributed by atoms with Crippen molar-refractivity contribution in [2.45, 2.75) is 25.3 Å². The van der Waals surface area contributed by atoms with E-state index in [0.717, 1.165) is 5.56 Å². The van der Waals surface area contributed by atoms with Crippen LogP contribution >= 0.6 is 0 Å². The molecule has 1 aromatic carbocycles. The number of hydrogen-bond donors (Lipinski definition) is 4. The van der Waals surface area contributed by atoms with Crippen molar-refractivity contribution in [1.29, 1.82) is 0 Å². The van der Waals surface area contributed by atoms with E-state index in [0.29, 0.717) is 13.0 Å². The Bertz CT molecular complexity index is 489. The molecule has 0 aromatic heterocycles. The lowest BCUT2D eigenvalue weighted by Gasteiger charge is -2.14. The molecular weight excluding hydrogens is 276 g/mol. The van der Waals surface area contributed by atoms with Crippen molar-refractivity contribution in [1.82, 2.24) is 10.6 Å². The molecule has 0 aliphatic carbocycles. The highest BCUT2D eigenvalue weighted by Gasteiger charge is 2.20. The third kappa shape index (κ3) is 6.95. The molecule has 7 nitrogen and oxygen atoms in total. The molecule has 0 fully saturated rings. The summed E-state index contributed by atoms with van der Waals surface area (Å²) >= 11 is 0. The van der Waals surface area contributed by atoms with Crippen LogP contribution in [0.1, 0.15) is 18.4 Å². The van der Waals surface area contributed by atoms with Gasteiger partial charge in [0.25, 0.3) is 0 Å². The number of carbonyl (C=O) groups excluding carboxylic acids is 1. The van der Waals surface area contributed by atoms with Crippen LogP contribution in [0.15, 0.2) is 30.3 Å². The molecule has 4 N–H and O–H groups in total. The second-order valence-corrected chi connectivity index (χ2v) is 4.46. The third-order valence-corrected chi connectivity index (χ3v) is 2.79. The second-order valence-electron chi connectivity index (χ2n) is 4.46. The minimum absolute atomic E-state index is 0.156. The van der Waals surface area contributed by atoms with E-state index in [1.807, 2.05) is 30.3 Å². The highest BCUT2D eigenvalue weighted by atomic mass is 16.4. The van der Waals surface area contributed by atoms with Crippen molar-refractivity contribution in [3.05, 3.63) is 35.9 Å². The predicted molar refractivity (Wildman–Crippen MR) is 75.0 cm³/mol. The second kappa shape index (κ2) is 8.57. The van der Waals surface area contributed by atoms with Gasteiger partial charge in [0.1, 0.15) is 6.04 Å². The van der Waals surface area contributed by atoms with Crippen LogP contribution < -0.4 is 10.6 Å². The normalized spacial score (nSPS) is 11.4. The van der Waals surface area contributed by atoms with Crippen molar-refractivity contribution in [3.63, 3.8) is 0 Å². The van der Waals surface area contributed by atoms with E-state index in [1.54, 1.807) is 0 Å². The first-order valence-electron chi connectivity index (χ1n) is 6.52. The summed E-state index contributed by atoms with van der Waals surface area (Å²) in [5, 5.41) is 22.2. The molecule has 0 saturated heterocycles. The lowest BCUT2D eigenvalue weighted by molar-refractivity contribution is -0.140. The molecule has 0 aliphatic heterocycles. The Kier molecular flexibility index (Phi) is 6.73. The molecule has 0 spiro atoms. The van der Waals surface area contributed by atoms with E-state index in [9.17, 15) is 14.4 Å². The summed E-state index contributed by atoms with van der Waals surface area (Å²) in [6.45, 7) is 0.362. The molecule has 0 aliphatic rings. The smallest absolute Gasteiger partial charge is 0.326 e. The van der Waals surface area contributed by atoms with Crippen LogP contribution in [0, 0.1) is 0 Å². The number of hydrogen-bond acceptors (Lipinski definition) is 3. The third-order valence-electron chi connectivity index (χ3n) is 2.79. The van der Waals surface area contributed by atoms with E-state index in [2.05, 4.69) is 10.6 Å². The molecule has 21 heavy (non-hydrogen) atoms. The molecule has 2 amide bonds. The Hall–Kier alpha value is -2.57. The number of carboxylic acid groups (broad SMARTS) is 2. The summed E-state index contributed by atoms with van der Waals surface area (Å²) in [5.41, 5.74) is 1.05. The zero-order valence-electron chi connectivity index (χ0n) is 11.4. The highest BCUT2D eigenvalue weighted by molar-refractivity contribution is 5.82. The Morgan fingerprint density at radius 3 is 2.33 bits per heavy atom. The van der Waals surface area contributed by atoms with E-state index in [1.165, 1.54) is 0 Å². The van der Waals surface area contributed by atoms with Gasteiger partial charge >= 0.3 is 18.0 Å². The molecule has 1 rings (SSSR count). The van der Waals surface area contributed by atoms with Crippen molar-refractivity contribution in [2.24, 2.45) is 0 Å². The van der Waals surface area contributed by atoms with Gasteiger partial charge in [-0.25, -0.2) is 9.59 Å². The average Bonchev–Trinajstić information content (AvgIpc) is 2.44. The number of nitrogens with one attached hydrogen (secondary N) is 2. The number of rotatable bonds is 8. The molecule has 0 unspecified atom stereocenters. The fourth-order valence-electron chi connectivity index (χ4n) is 1.70. The van der Waals surface area contributed by atoms with E-state index in [4.69, 9.17) is 10.2 Å². The topological polar surface area (TPSA) is 116 Å². The number of carboxylic acids is 2. The summed E-state index contributed by atoms with van der Waals surface area (Å²) in [6.07, 6.45) is 0.152. The number of benzene rings is 1. The van der Waals surface area contributed by atoms with Crippen molar-refractivity contribution in [2.75, 3.05) is 6.54 Å². The first-order valence-corrected chi connectivity index (χ1v) is 6.52. The molecule has 1 atom stereocenters. The van der Waals surface area contributed by atoms with Gasteiger partial charge in [0.05, 0.1) is 0 Å². The summed E-state index contributed by atoms with van der Waals surface area (Å²) < 4.78 is 0. The maximum Gasteiger partial charge on any atom is 0.326 e. The highest BCUT2D eigenvalue weighted by Crippen LogP contribution is 1.99. The maximum atomic E-state index is 11.6. The molecule has 114 valence electrons. The Balaban J connectivity index is 2.33. The van der Waals surface area contributed by atoms with Crippen LogP contribution in [-0.4, -0.2) is 40.8 Å². The number of urea groups is 1. The van der Waals surface area contributed by atoms with Crippen LogP contribution in [0.2, 0.25) is 0 Å².